The number of hydrogen-bond donors (Lipinski definition) is 1. The van der Waals surface area contributed by atoms with Crippen molar-refractivity contribution in [1.29, 1.82) is 0 Å². The van der Waals surface area contributed by atoms with Gasteiger partial charge in [0, 0.05) is 30.6 Å². The number of hydrogen-bond acceptors (Lipinski definition) is 5. The Bertz CT molecular complexity index is 1220. The van der Waals surface area contributed by atoms with E-state index in [1.165, 1.54) is 12.1 Å². The van der Waals surface area contributed by atoms with Gasteiger partial charge in [-0.1, -0.05) is 36.0 Å². The maximum Gasteiger partial charge on any atom is 0.251 e. The summed E-state index contributed by atoms with van der Waals surface area (Å²) >= 11 is 1.60. The SMILES string of the molecule is CN(C)CCNC(=O)c1ccc(Cn2c(SCc3ccc(F)cc3)nc3ccncc32)cc1. The smallest absolute Gasteiger partial charge is 0.251 e. The number of benzene rings is 2. The lowest BCUT2D eigenvalue weighted by Crippen LogP contribution is -2.31. The molecule has 4 rings (SSSR count). The van der Waals surface area contributed by atoms with Crippen LogP contribution in [0.3, 0.4) is 0 Å². The Labute approximate surface area is 196 Å². The molecule has 0 fully saturated rings. The summed E-state index contributed by atoms with van der Waals surface area (Å²) < 4.78 is 15.3. The van der Waals surface area contributed by atoms with E-state index in [0.29, 0.717) is 24.4 Å². The summed E-state index contributed by atoms with van der Waals surface area (Å²) in [5, 5.41) is 3.80. The van der Waals surface area contributed by atoms with Crippen LogP contribution >= 0.6 is 11.8 Å². The van der Waals surface area contributed by atoms with Crippen molar-refractivity contribution in [2.24, 2.45) is 0 Å². The van der Waals surface area contributed by atoms with Crippen LogP contribution in [0.1, 0.15) is 21.5 Å². The van der Waals surface area contributed by atoms with Crippen LogP contribution in [-0.4, -0.2) is 52.5 Å². The first-order valence-electron chi connectivity index (χ1n) is 10.7. The van der Waals surface area contributed by atoms with Gasteiger partial charge in [-0.15, -0.1) is 0 Å². The van der Waals surface area contributed by atoms with E-state index in [1.54, 1.807) is 30.1 Å². The van der Waals surface area contributed by atoms with E-state index < -0.39 is 0 Å². The minimum atomic E-state index is -0.239. The Morgan fingerprint density at radius 2 is 1.79 bits per heavy atom. The second-order valence-corrected chi connectivity index (χ2v) is 8.96. The maximum absolute atomic E-state index is 13.2. The summed E-state index contributed by atoms with van der Waals surface area (Å²) in [5.41, 5.74) is 4.56. The van der Waals surface area contributed by atoms with Gasteiger partial charge in [-0.2, -0.15) is 0 Å². The zero-order chi connectivity index (χ0) is 23.2. The number of carbonyl (C=O) groups excluding carboxylic acids is 1. The Balaban J connectivity index is 1.49. The summed E-state index contributed by atoms with van der Waals surface area (Å²) in [5.74, 6) is 0.372. The van der Waals surface area contributed by atoms with Gasteiger partial charge in [0.1, 0.15) is 5.82 Å². The molecular formula is C25H26FN5OS. The molecule has 0 unspecified atom stereocenters. The molecule has 0 aliphatic rings. The second kappa shape index (κ2) is 10.6. The van der Waals surface area contributed by atoms with Gasteiger partial charge in [-0.3, -0.25) is 9.78 Å². The van der Waals surface area contributed by atoms with Gasteiger partial charge in [0.05, 0.1) is 23.8 Å². The lowest BCUT2D eigenvalue weighted by molar-refractivity contribution is 0.0951. The Kier molecular flexibility index (Phi) is 7.36. The fourth-order valence-corrected chi connectivity index (χ4v) is 4.35. The van der Waals surface area contributed by atoms with Crippen LogP contribution in [-0.2, 0) is 12.3 Å². The number of nitrogens with zero attached hydrogens (tertiary/aromatic N) is 4. The first-order chi connectivity index (χ1) is 16.0. The molecule has 0 bridgehead atoms. The highest BCUT2D eigenvalue weighted by Crippen LogP contribution is 2.27. The molecule has 33 heavy (non-hydrogen) atoms. The van der Waals surface area contributed by atoms with Gasteiger partial charge in [-0.25, -0.2) is 9.37 Å². The molecule has 0 spiro atoms. The predicted octanol–water partition coefficient (Wildman–Crippen LogP) is 4.20. The lowest BCUT2D eigenvalue weighted by Gasteiger charge is -2.11. The maximum atomic E-state index is 13.2. The van der Waals surface area contributed by atoms with Crippen LogP contribution in [0.5, 0.6) is 0 Å². The zero-order valence-electron chi connectivity index (χ0n) is 18.7. The minimum Gasteiger partial charge on any atom is -0.351 e. The molecule has 0 aliphatic heterocycles. The average molecular weight is 464 g/mol. The normalized spacial score (nSPS) is 11.3. The van der Waals surface area contributed by atoms with E-state index in [9.17, 15) is 9.18 Å². The number of nitrogens with one attached hydrogen (secondary N) is 1. The van der Waals surface area contributed by atoms with E-state index in [4.69, 9.17) is 4.98 Å². The summed E-state index contributed by atoms with van der Waals surface area (Å²) in [7, 11) is 3.95. The Morgan fingerprint density at radius 3 is 2.52 bits per heavy atom. The number of amides is 1. The van der Waals surface area contributed by atoms with E-state index in [0.717, 1.165) is 33.9 Å². The van der Waals surface area contributed by atoms with Crippen molar-refractivity contribution in [3.05, 3.63) is 89.5 Å². The fourth-order valence-electron chi connectivity index (χ4n) is 3.38. The zero-order valence-corrected chi connectivity index (χ0v) is 19.5. The number of pyridine rings is 1. The van der Waals surface area contributed by atoms with E-state index in [2.05, 4.69) is 14.9 Å². The second-order valence-electron chi connectivity index (χ2n) is 8.02. The molecule has 6 nitrogen and oxygen atoms in total. The van der Waals surface area contributed by atoms with Crippen molar-refractivity contribution in [2.45, 2.75) is 17.5 Å². The third kappa shape index (κ3) is 5.97. The van der Waals surface area contributed by atoms with Crippen molar-refractivity contribution < 1.29 is 9.18 Å². The Hall–Kier alpha value is -3.23. The van der Waals surface area contributed by atoms with Gasteiger partial charge in [0.15, 0.2) is 5.16 Å². The van der Waals surface area contributed by atoms with Gasteiger partial charge in [0.2, 0.25) is 0 Å². The summed E-state index contributed by atoms with van der Waals surface area (Å²) in [4.78, 5) is 23.4. The monoisotopic (exact) mass is 463 g/mol. The van der Waals surface area contributed by atoms with Crippen LogP contribution in [0, 0.1) is 5.82 Å². The first-order valence-corrected chi connectivity index (χ1v) is 11.7. The van der Waals surface area contributed by atoms with Gasteiger partial charge >= 0.3 is 0 Å². The summed E-state index contributed by atoms with van der Waals surface area (Å²) in [6.07, 6.45) is 3.55. The van der Waals surface area contributed by atoms with Crippen molar-refractivity contribution in [3.8, 4) is 0 Å². The number of fused-ring (bicyclic) bond motifs is 1. The van der Waals surface area contributed by atoms with Crippen LogP contribution in [0.2, 0.25) is 0 Å². The molecule has 0 saturated heterocycles. The van der Waals surface area contributed by atoms with Gasteiger partial charge in [-0.05, 0) is 55.6 Å². The van der Waals surface area contributed by atoms with E-state index in [-0.39, 0.29) is 11.7 Å². The summed E-state index contributed by atoms with van der Waals surface area (Å²) in [6.45, 7) is 2.01. The molecule has 0 saturated carbocycles. The third-order valence-corrected chi connectivity index (χ3v) is 6.25. The first kappa shape index (κ1) is 22.9. The van der Waals surface area contributed by atoms with Crippen LogP contribution in [0.15, 0.2) is 72.1 Å². The molecule has 0 atom stereocenters. The van der Waals surface area contributed by atoms with Crippen LogP contribution in [0.4, 0.5) is 4.39 Å². The molecule has 170 valence electrons. The molecule has 8 heteroatoms. The highest BCUT2D eigenvalue weighted by atomic mass is 32.2. The number of aromatic nitrogens is 3. The average Bonchev–Trinajstić information content (AvgIpc) is 3.16. The molecular weight excluding hydrogens is 437 g/mol. The Morgan fingerprint density at radius 1 is 1.06 bits per heavy atom. The highest BCUT2D eigenvalue weighted by Gasteiger charge is 2.13. The standard InChI is InChI=1S/C25H26FN5OS/c1-30(2)14-13-28-24(32)20-7-3-18(4-8-20)16-31-23-15-27-12-11-22(23)29-25(31)33-17-19-5-9-21(26)10-6-19/h3-12,15H,13-14,16-17H2,1-2H3,(H,28,32). The summed E-state index contributed by atoms with van der Waals surface area (Å²) in [6, 6.07) is 16.1. The number of imidazole rings is 1. The molecule has 4 aromatic rings. The number of carbonyl (C=O) groups is 1. The minimum absolute atomic E-state index is 0.0729. The quantitative estimate of drug-likeness (QED) is 0.377. The lowest BCUT2D eigenvalue weighted by atomic mass is 10.1. The number of likely N-dealkylation sites (N-methyl/N-ethyl adjacent to an activating group) is 1. The van der Waals surface area contributed by atoms with E-state index >= 15 is 0 Å². The molecule has 2 aromatic carbocycles. The van der Waals surface area contributed by atoms with Crippen LogP contribution < -0.4 is 5.32 Å². The highest BCUT2D eigenvalue weighted by molar-refractivity contribution is 7.98. The predicted molar refractivity (Wildman–Crippen MR) is 130 cm³/mol. The molecule has 2 heterocycles. The third-order valence-electron chi connectivity index (χ3n) is 5.20. The topological polar surface area (TPSA) is 63.1 Å². The number of thioether (sulfide) groups is 1. The molecule has 2 aromatic heterocycles. The number of halogens is 1. The molecule has 1 amide bonds. The molecule has 0 radical (unpaired) electrons. The van der Waals surface area contributed by atoms with Crippen molar-refractivity contribution in [2.75, 3.05) is 27.2 Å². The van der Waals surface area contributed by atoms with Crippen molar-refractivity contribution in [1.82, 2.24) is 24.8 Å². The van der Waals surface area contributed by atoms with Crippen molar-refractivity contribution in [3.63, 3.8) is 0 Å². The fraction of sp³-hybridized carbons (Fsp3) is 0.240. The van der Waals surface area contributed by atoms with E-state index in [1.807, 2.05) is 55.5 Å². The van der Waals surface area contributed by atoms with Gasteiger partial charge < -0.3 is 14.8 Å². The van der Waals surface area contributed by atoms with Gasteiger partial charge in [0.25, 0.3) is 5.91 Å². The van der Waals surface area contributed by atoms with Crippen molar-refractivity contribution >= 4 is 28.7 Å². The largest absolute Gasteiger partial charge is 0.351 e. The molecule has 1 N–H and O–H groups in total. The molecule has 0 aliphatic carbocycles. The number of rotatable bonds is 9. The van der Waals surface area contributed by atoms with Crippen LogP contribution in [0.25, 0.3) is 11.0 Å².